The first-order chi connectivity index (χ1) is 12.1. The average molecular weight is 337 g/mol. The Hall–Kier alpha value is -3.39. The minimum absolute atomic E-state index is 0.203. The van der Waals surface area contributed by atoms with Crippen molar-refractivity contribution >= 4 is 17.5 Å². The van der Waals surface area contributed by atoms with E-state index in [4.69, 9.17) is 4.42 Å². The summed E-state index contributed by atoms with van der Waals surface area (Å²) in [6.07, 6.45) is 1.54. The van der Waals surface area contributed by atoms with E-state index < -0.39 is 6.03 Å². The van der Waals surface area contributed by atoms with Crippen molar-refractivity contribution in [3.63, 3.8) is 0 Å². The summed E-state index contributed by atoms with van der Waals surface area (Å²) in [5.41, 5.74) is 5.66. The van der Waals surface area contributed by atoms with Crippen molar-refractivity contribution in [2.75, 3.05) is 19.4 Å². The maximum absolute atomic E-state index is 13.0. The lowest BCUT2D eigenvalue weighted by atomic mass is 10.1. The zero-order valence-corrected chi connectivity index (χ0v) is 13.6. The highest BCUT2D eigenvalue weighted by molar-refractivity contribution is 6.26. The van der Waals surface area contributed by atoms with Crippen LogP contribution in [0, 0.1) is 0 Å². The SMILES string of the molecule is CN(C)NC(=O)Nc1cccc2c1C(=O)c1c-2n[nH]c1-c1ccco1. The van der Waals surface area contributed by atoms with E-state index in [2.05, 4.69) is 20.9 Å². The molecule has 25 heavy (non-hydrogen) atoms. The second-order valence-electron chi connectivity index (χ2n) is 5.82. The standard InChI is InChI=1S/C17H15N5O3/c1-22(2)21-17(24)18-10-6-3-5-9-12(10)16(23)13-14(9)19-20-15(13)11-7-4-8-25-11/h3-8H,1-2H3,(H,19,20)(H2,18,21,24). The van der Waals surface area contributed by atoms with Gasteiger partial charge in [-0.15, -0.1) is 0 Å². The Morgan fingerprint density at radius 1 is 1.20 bits per heavy atom. The van der Waals surface area contributed by atoms with Crippen LogP contribution in [0.25, 0.3) is 22.7 Å². The highest BCUT2D eigenvalue weighted by Crippen LogP contribution is 2.42. The van der Waals surface area contributed by atoms with Crippen LogP contribution in [0.2, 0.25) is 0 Å². The predicted molar refractivity (Wildman–Crippen MR) is 91.0 cm³/mol. The molecule has 8 nitrogen and oxygen atoms in total. The number of hydrazine groups is 1. The summed E-state index contributed by atoms with van der Waals surface area (Å²) in [6.45, 7) is 0. The molecule has 3 aromatic rings. The molecule has 0 bridgehead atoms. The number of benzene rings is 1. The molecule has 3 N–H and O–H groups in total. The van der Waals surface area contributed by atoms with Crippen LogP contribution in [0.3, 0.4) is 0 Å². The minimum atomic E-state index is -0.427. The van der Waals surface area contributed by atoms with Crippen LogP contribution in [-0.2, 0) is 0 Å². The molecule has 0 aliphatic heterocycles. The van der Waals surface area contributed by atoms with Gasteiger partial charge in [0.25, 0.3) is 0 Å². The number of amides is 2. The van der Waals surface area contributed by atoms with Gasteiger partial charge in [0.05, 0.1) is 23.1 Å². The zero-order valence-electron chi connectivity index (χ0n) is 13.6. The van der Waals surface area contributed by atoms with E-state index in [1.165, 1.54) is 11.3 Å². The fraction of sp³-hybridized carbons (Fsp3) is 0.118. The molecular formula is C17H15N5O3. The van der Waals surface area contributed by atoms with Crippen LogP contribution in [0.5, 0.6) is 0 Å². The molecule has 0 saturated heterocycles. The third-order valence-corrected chi connectivity index (χ3v) is 3.88. The van der Waals surface area contributed by atoms with E-state index in [1.54, 1.807) is 44.4 Å². The van der Waals surface area contributed by atoms with E-state index in [9.17, 15) is 9.59 Å². The molecule has 0 radical (unpaired) electrons. The number of carbonyl (C=O) groups excluding carboxylic acids is 2. The smallest absolute Gasteiger partial charge is 0.333 e. The zero-order chi connectivity index (χ0) is 17.6. The highest BCUT2D eigenvalue weighted by atomic mass is 16.3. The molecule has 0 atom stereocenters. The number of urea groups is 1. The number of ketones is 1. The van der Waals surface area contributed by atoms with Crippen LogP contribution >= 0.6 is 0 Å². The van der Waals surface area contributed by atoms with Crippen molar-refractivity contribution < 1.29 is 14.0 Å². The van der Waals surface area contributed by atoms with Crippen molar-refractivity contribution in [3.05, 3.63) is 47.7 Å². The first-order valence-electron chi connectivity index (χ1n) is 7.61. The molecule has 1 aliphatic rings. The normalized spacial score (nSPS) is 12.2. The van der Waals surface area contributed by atoms with E-state index in [0.29, 0.717) is 39.5 Å². The monoisotopic (exact) mass is 337 g/mol. The van der Waals surface area contributed by atoms with Crippen LogP contribution in [-0.4, -0.2) is 41.1 Å². The number of rotatable bonds is 3. The molecule has 2 heterocycles. The third-order valence-electron chi connectivity index (χ3n) is 3.88. The van der Waals surface area contributed by atoms with Crippen molar-refractivity contribution in [3.8, 4) is 22.7 Å². The van der Waals surface area contributed by atoms with Gasteiger partial charge < -0.3 is 9.73 Å². The van der Waals surface area contributed by atoms with Crippen molar-refractivity contribution in [2.45, 2.75) is 0 Å². The van der Waals surface area contributed by atoms with E-state index in [1.807, 2.05) is 0 Å². The molecule has 1 aromatic carbocycles. The fourth-order valence-corrected chi connectivity index (χ4v) is 2.93. The number of furan rings is 1. The van der Waals surface area contributed by atoms with E-state index >= 15 is 0 Å². The maximum atomic E-state index is 13.0. The summed E-state index contributed by atoms with van der Waals surface area (Å²) in [4.78, 5) is 25.0. The van der Waals surface area contributed by atoms with Gasteiger partial charge in [0.15, 0.2) is 11.5 Å². The summed E-state index contributed by atoms with van der Waals surface area (Å²) in [7, 11) is 3.40. The molecule has 0 saturated carbocycles. The topological polar surface area (TPSA) is 103 Å². The Labute approximate surface area is 142 Å². The van der Waals surface area contributed by atoms with E-state index in [0.717, 1.165) is 0 Å². The van der Waals surface area contributed by atoms with Crippen LogP contribution in [0.4, 0.5) is 10.5 Å². The molecule has 0 fully saturated rings. The van der Waals surface area contributed by atoms with Crippen molar-refractivity contribution in [2.24, 2.45) is 0 Å². The summed E-state index contributed by atoms with van der Waals surface area (Å²) in [5, 5.41) is 11.4. The highest BCUT2D eigenvalue weighted by Gasteiger charge is 2.35. The molecule has 2 aromatic heterocycles. The number of aromatic nitrogens is 2. The second kappa shape index (κ2) is 5.60. The van der Waals surface area contributed by atoms with E-state index in [-0.39, 0.29) is 5.78 Å². The predicted octanol–water partition coefficient (Wildman–Crippen LogP) is 2.48. The Bertz CT molecular complexity index is 972. The summed E-state index contributed by atoms with van der Waals surface area (Å²) in [5.74, 6) is 0.334. The molecule has 0 unspecified atom stereocenters. The Balaban J connectivity index is 1.76. The van der Waals surface area contributed by atoms with Gasteiger partial charge in [0.1, 0.15) is 11.4 Å². The molecule has 1 aliphatic carbocycles. The molecule has 8 heteroatoms. The van der Waals surface area contributed by atoms with Gasteiger partial charge in [0.2, 0.25) is 0 Å². The van der Waals surface area contributed by atoms with Crippen LogP contribution in [0.1, 0.15) is 15.9 Å². The van der Waals surface area contributed by atoms with Crippen LogP contribution < -0.4 is 10.7 Å². The fourth-order valence-electron chi connectivity index (χ4n) is 2.93. The first-order valence-corrected chi connectivity index (χ1v) is 7.61. The third kappa shape index (κ3) is 2.39. The minimum Gasteiger partial charge on any atom is -0.463 e. The number of anilines is 1. The lowest BCUT2D eigenvalue weighted by molar-refractivity contribution is 0.104. The number of nitrogens with zero attached hydrogens (tertiary/aromatic N) is 2. The summed E-state index contributed by atoms with van der Waals surface area (Å²) in [6, 6.07) is 8.34. The van der Waals surface area contributed by atoms with Gasteiger partial charge in [-0.05, 0) is 18.2 Å². The molecular weight excluding hydrogens is 322 g/mol. The van der Waals surface area contributed by atoms with Crippen molar-refractivity contribution in [1.29, 1.82) is 0 Å². The maximum Gasteiger partial charge on any atom is 0.333 e. The lowest BCUT2D eigenvalue weighted by Gasteiger charge is -2.14. The largest absolute Gasteiger partial charge is 0.463 e. The number of hydrogen-bond donors (Lipinski definition) is 3. The number of aromatic amines is 1. The summed E-state index contributed by atoms with van der Waals surface area (Å²) >= 11 is 0. The van der Waals surface area contributed by atoms with Gasteiger partial charge >= 0.3 is 6.03 Å². The molecule has 0 spiro atoms. The number of hydrogen-bond acceptors (Lipinski definition) is 5. The number of carbonyl (C=O) groups is 2. The number of nitrogens with one attached hydrogen (secondary N) is 3. The lowest BCUT2D eigenvalue weighted by Crippen LogP contribution is -2.39. The Kier molecular flexibility index (Phi) is 3.40. The summed E-state index contributed by atoms with van der Waals surface area (Å²) < 4.78 is 5.38. The Morgan fingerprint density at radius 3 is 2.76 bits per heavy atom. The number of fused-ring (bicyclic) bond motifs is 3. The first kappa shape index (κ1) is 15.2. The van der Waals surface area contributed by atoms with Gasteiger partial charge in [-0.3, -0.25) is 15.3 Å². The quantitative estimate of drug-likeness (QED) is 0.498. The molecule has 126 valence electrons. The van der Waals surface area contributed by atoms with Gasteiger partial charge in [0, 0.05) is 19.7 Å². The average Bonchev–Trinajstić information content (AvgIpc) is 3.26. The van der Waals surface area contributed by atoms with Crippen molar-refractivity contribution in [1.82, 2.24) is 20.6 Å². The molecule has 2 amide bonds. The number of H-pyrrole nitrogens is 1. The Morgan fingerprint density at radius 2 is 2.04 bits per heavy atom. The van der Waals surface area contributed by atoms with Gasteiger partial charge in [-0.25, -0.2) is 9.80 Å². The second-order valence-corrected chi connectivity index (χ2v) is 5.82. The van der Waals surface area contributed by atoms with Crippen LogP contribution in [0.15, 0.2) is 41.0 Å². The molecule has 4 rings (SSSR count). The van der Waals surface area contributed by atoms with Gasteiger partial charge in [-0.2, -0.15) is 5.10 Å². The van der Waals surface area contributed by atoms with Gasteiger partial charge in [-0.1, -0.05) is 12.1 Å².